The van der Waals surface area contributed by atoms with Crippen molar-refractivity contribution in [3.63, 3.8) is 0 Å². The summed E-state index contributed by atoms with van der Waals surface area (Å²) in [5, 5.41) is 14.5. The topological polar surface area (TPSA) is 171 Å². The fraction of sp³-hybridized carbons (Fsp3) is 0.632. The van der Waals surface area contributed by atoms with Crippen LogP contribution in [0.2, 0.25) is 0 Å². The van der Waals surface area contributed by atoms with E-state index in [1.54, 1.807) is 20.0 Å². The summed E-state index contributed by atoms with van der Waals surface area (Å²) in [5.41, 5.74) is 6.58. The van der Waals surface area contributed by atoms with E-state index in [1.807, 2.05) is 0 Å². The maximum Gasteiger partial charge on any atom is 0.326 e. The number of carboxylic acids is 1. The van der Waals surface area contributed by atoms with Gasteiger partial charge in [-0.2, -0.15) is 12.6 Å². The number of carboxylic acid groups (broad SMARTS) is 1. The quantitative estimate of drug-likeness (QED) is 0.244. The van der Waals surface area contributed by atoms with E-state index in [2.05, 4.69) is 33.2 Å². The van der Waals surface area contributed by atoms with Crippen molar-refractivity contribution in [1.82, 2.24) is 25.5 Å². The minimum absolute atomic E-state index is 0.00514. The number of H-pyrrole nitrogens is 1. The second kappa shape index (κ2) is 11.1. The summed E-state index contributed by atoms with van der Waals surface area (Å²) in [7, 11) is 0. The van der Waals surface area contributed by atoms with Gasteiger partial charge in [0.05, 0.1) is 12.4 Å². The molecule has 0 aliphatic carbocycles. The largest absolute Gasteiger partial charge is 0.480 e. The number of imidazole rings is 1. The van der Waals surface area contributed by atoms with Crippen LogP contribution in [0.1, 0.15) is 32.4 Å². The predicted molar refractivity (Wildman–Crippen MR) is 115 cm³/mol. The van der Waals surface area contributed by atoms with Crippen molar-refractivity contribution < 1.29 is 24.3 Å². The summed E-state index contributed by atoms with van der Waals surface area (Å²) in [6.07, 6.45) is 4.21. The fourth-order valence-electron chi connectivity index (χ4n) is 3.43. The molecule has 3 amide bonds. The lowest BCUT2D eigenvalue weighted by molar-refractivity contribution is -0.150. The number of thiol groups is 1. The summed E-state index contributed by atoms with van der Waals surface area (Å²) in [6.45, 7) is 3.83. The standard InChI is InChI=1S/C19H30N6O5S/c1-10(2)15(18(28)25-5-3-4-14(25)19(29)30)24-17(27)13(8-31)23-16(26)12(20)6-11-7-21-9-22-11/h7,9-10,12-15,31H,3-6,8,20H2,1-2H3,(H,21,22)(H,23,26)(H,24,27)(H,29,30). The molecule has 4 atom stereocenters. The van der Waals surface area contributed by atoms with E-state index in [1.165, 1.54) is 11.2 Å². The molecule has 11 nitrogen and oxygen atoms in total. The first-order valence-electron chi connectivity index (χ1n) is 10.1. The average Bonchev–Trinajstić information content (AvgIpc) is 3.40. The van der Waals surface area contributed by atoms with E-state index in [0.29, 0.717) is 25.1 Å². The van der Waals surface area contributed by atoms with Gasteiger partial charge in [-0.05, 0) is 18.8 Å². The van der Waals surface area contributed by atoms with Crippen LogP contribution in [0.15, 0.2) is 12.5 Å². The van der Waals surface area contributed by atoms with Gasteiger partial charge in [0.1, 0.15) is 18.1 Å². The summed E-state index contributed by atoms with van der Waals surface area (Å²) in [4.78, 5) is 57.6. The Labute approximate surface area is 185 Å². The maximum absolute atomic E-state index is 13.0. The third kappa shape index (κ3) is 6.44. The molecular formula is C19H30N6O5S. The molecule has 1 aliphatic heterocycles. The number of hydrogen-bond donors (Lipinski definition) is 6. The molecule has 0 bridgehead atoms. The Morgan fingerprint density at radius 3 is 2.58 bits per heavy atom. The molecule has 1 saturated heterocycles. The molecule has 2 heterocycles. The number of aliphatic carboxylic acids is 1. The Kier molecular flexibility index (Phi) is 8.87. The molecule has 1 aromatic rings. The van der Waals surface area contributed by atoms with Crippen molar-refractivity contribution >= 4 is 36.3 Å². The molecule has 1 aromatic heterocycles. The number of rotatable bonds is 10. The van der Waals surface area contributed by atoms with Gasteiger partial charge in [0.25, 0.3) is 0 Å². The number of amides is 3. The number of carbonyl (C=O) groups is 4. The first-order chi connectivity index (χ1) is 14.6. The minimum Gasteiger partial charge on any atom is -0.480 e. The van der Waals surface area contributed by atoms with E-state index >= 15 is 0 Å². The predicted octanol–water partition coefficient (Wildman–Crippen LogP) is -1.09. The number of nitrogens with two attached hydrogens (primary N) is 1. The normalized spacial score (nSPS) is 19.0. The molecule has 6 N–H and O–H groups in total. The summed E-state index contributed by atoms with van der Waals surface area (Å²) in [6, 6.07) is -3.73. The minimum atomic E-state index is -1.06. The number of hydrogen-bond acceptors (Lipinski definition) is 7. The van der Waals surface area contributed by atoms with Gasteiger partial charge in [-0.3, -0.25) is 14.4 Å². The van der Waals surface area contributed by atoms with Gasteiger partial charge in [-0.1, -0.05) is 13.8 Å². The van der Waals surface area contributed by atoms with Gasteiger partial charge in [-0.15, -0.1) is 0 Å². The van der Waals surface area contributed by atoms with Crippen LogP contribution in [0.5, 0.6) is 0 Å². The molecule has 0 spiro atoms. The maximum atomic E-state index is 13.0. The van der Waals surface area contributed by atoms with Gasteiger partial charge >= 0.3 is 5.97 Å². The van der Waals surface area contributed by atoms with Crippen molar-refractivity contribution in [2.45, 2.75) is 57.3 Å². The smallest absolute Gasteiger partial charge is 0.326 e. The molecule has 0 radical (unpaired) electrons. The molecule has 31 heavy (non-hydrogen) atoms. The average molecular weight is 455 g/mol. The van der Waals surface area contributed by atoms with Crippen LogP contribution >= 0.6 is 12.6 Å². The van der Waals surface area contributed by atoms with Crippen LogP contribution in [-0.4, -0.2) is 80.1 Å². The van der Waals surface area contributed by atoms with Gasteiger partial charge in [0.2, 0.25) is 17.7 Å². The Balaban J connectivity index is 2.01. The van der Waals surface area contributed by atoms with Crippen LogP contribution in [-0.2, 0) is 25.6 Å². The molecule has 1 aliphatic rings. The highest BCUT2D eigenvalue weighted by Crippen LogP contribution is 2.20. The first-order valence-corrected chi connectivity index (χ1v) is 10.8. The zero-order valence-corrected chi connectivity index (χ0v) is 18.5. The molecular weight excluding hydrogens is 424 g/mol. The van der Waals surface area contributed by atoms with Crippen molar-refractivity contribution in [2.24, 2.45) is 11.7 Å². The van der Waals surface area contributed by atoms with Crippen LogP contribution < -0.4 is 16.4 Å². The van der Waals surface area contributed by atoms with Gasteiger partial charge in [-0.25, -0.2) is 9.78 Å². The monoisotopic (exact) mass is 454 g/mol. The molecule has 0 aromatic carbocycles. The zero-order chi connectivity index (χ0) is 23.1. The third-order valence-electron chi connectivity index (χ3n) is 5.20. The molecule has 4 unspecified atom stereocenters. The lowest BCUT2D eigenvalue weighted by Crippen LogP contribution is -2.59. The lowest BCUT2D eigenvalue weighted by Gasteiger charge is -2.30. The number of aromatic amines is 1. The second-order valence-electron chi connectivity index (χ2n) is 7.89. The Morgan fingerprint density at radius 2 is 2.03 bits per heavy atom. The highest BCUT2D eigenvalue weighted by molar-refractivity contribution is 7.80. The highest BCUT2D eigenvalue weighted by Gasteiger charge is 2.39. The van der Waals surface area contributed by atoms with Crippen molar-refractivity contribution in [1.29, 1.82) is 0 Å². The summed E-state index contributed by atoms with van der Waals surface area (Å²) >= 11 is 4.14. The van der Waals surface area contributed by atoms with Gasteiger partial charge < -0.3 is 31.4 Å². The van der Waals surface area contributed by atoms with Crippen LogP contribution in [0.25, 0.3) is 0 Å². The molecule has 12 heteroatoms. The zero-order valence-electron chi connectivity index (χ0n) is 17.6. The lowest BCUT2D eigenvalue weighted by atomic mass is 10.0. The van der Waals surface area contributed by atoms with E-state index in [4.69, 9.17) is 5.73 Å². The number of aromatic nitrogens is 2. The van der Waals surface area contributed by atoms with E-state index < -0.39 is 47.9 Å². The highest BCUT2D eigenvalue weighted by atomic mass is 32.1. The Morgan fingerprint density at radius 1 is 1.32 bits per heavy atom. The fourth-order valence-corrected chi connectivity index (χ4v) is 3.69. The van der Waals surface area contributed by atoms with E-state index in [0.717, 1.165) is 0 Å². The Bertz CT molecular complexity index is 787. The molecule has 0 saturated carbocycles. The van der Waals surface area contributed by atoms with E-state index in [9.17, 15) is 24.3 Å². The number of nitrogens with one attached hydrogen (secondary N) is 3. The van der Waals surface area contributed by atoms with Gasteiger partial charge in [0.15, 0.2) is 0 Å². The SMILES string of the molecule is CC(C)C(NC(=O)C(CS)NC(=O)C(N)Cc1cnc[nH]1)C(=O)N1CCCC1C(=O)O. The van der Waals surface area contributed by atoms with E-state index in [-0.39, 0.29) is 18.1 Å². The number of nitrogens with zero attached hydrogens (tertiary/aromatic N) is 2. The second-order valence-corrected chi connectivity index (χ2v) is 8.25. The molecule has 2 rings (SSSR count). The van der Waals surface area contributed by atoms with Crippen molar-refractivity contribution in [3.8, 4) is 0 Å². The number of likely N-dealkylation sites (tertiary alicyclic amines) is 1. The third-order valence-corrected chi connectivity index (χ3v) is 5.56. The molecule has 172 valence electrons. The van der Waals surface area contributed by atoms with Crippen LogP contribution in [0.3, 0.4) is 0 Å². The summed E-state index contributed by atoms with van der Waals surface area (Å²) in [5.74, 6) is -2.93. The summed E-state index contributed by atoms with van der Waals surface area (Å²) < 4.78 is 0. The first kappa shape index (κ1) is 24.7. The van der Waals surface area contributed by atoms with Gasteiger partial charge in [0, 0.05) is 30.6 Å². The van der Waals surface area contributed by atoms with Crippen molar-refractivity contribution in [3.05, 3.63) is 18.2 Å². The van der Waals surface area contributed by atoms with Crippen LogP contribution in [0.4, 0.5) is 0 Å². The van der Waals surface area contributed by atoms with Crippen LogP contribution in [0, 0.1) is 5.92 Å². The van der Waals surface area contributed by atoms with Crippen molar-refractivity contribution in [2.75, 3.05) is 12.3 Å². The Hall–Kier alpha value is -2.60. The number of carbonyl (C=O) groups excluding carboxylic acids is 3. The molecule has 1 fully saturated rings.